The Morgan fingerprint density at radius 1 is 0.530 bits per heavy atom. The lowest BCUT2D eigenvalue weighted by atomic mass is 9.43. The van der Waals surface area contributed by atoms with E-state index in [1.807, 2.05) is 34.0 Å². The van der Waals surface area contributed by atoms with Gasteiger partial charge in [0, 0.05) is 99.5 Å². The predicted molar refractivity (Wildman–Crippen MR) is 292 cm³/mol. The molecular weight excluding hydrogens is 856 g/mol. The molecule has 0 unspecified atom stereocenters. The quantitative estimate of drug-likeness (QED) is 0.149. The molecule has 0 saturated heterocycles. The van der Waals surface area contributed by atoms with Gasteiger partial charge in [0.15, 0.2) is 0 Å². The number of hydrogen-bond acceptors (Lipinski definition) is 4. The summed E-state index contributed by atoms with van der Waals surface area (Å²) in [5.41, 5.74) is 16.7. The van der Waals surface area contributed by atoms with Crippen LogP contribution in [0.3, 0.4) is 0 Å². The molecule has 3 aliphatic rings. The van der Waals surface area contributed by atoms with Crippen LogP contribution in [0.15, 0.2) is 133 Å². The van der Waals surface area contributed by atoms with E-state index >= 15 is 0 Å². The molecule has 66 heavy (non-hydrogen) atoms. The van der Waals surface area contributed by atoms with Crippen molar-refractivity contribution < 1.29 is 0 Å². The van der Waals surface area contributed by atoms with Crippen LogP contribution in [0.4, 0.5) is 11.4 Å². The fraction of sp³-hybridized carbons (Fsp3) is 0.200. The summed E-state index contributed by atoms with van der Waals surface area (Å²) in [5, 5.41) is 11.0. The van der Waals surface area contributed by atoms with Gasteiger partial charge in [-0.1, -0.05) is 121 Å². The lowest BCUT2D eigenvalue weighted by Gasteiger charge is -2.42. The summed E-state index contributed by atoms with van der Waals surface area (Å²) in [6.45, 7) is 16.8. The standard InChI is InChI=1S/C60H47BN2S3/c1-58(2,3)32-20-22-33(23-21-32)63-45-30-50-37(34-14-8-11-17-47(34)64-50)26-39(45)54-55-56-52(53-36-16-10-13-19-49(36)66-57(53)54)40-27-41-42(60(6,7)25-24-59(41,4)5)29-44(40)62(56)46-31-51-38(28-43(46)61(55)63)35-15-9-12-18-48(35)65-51/h8-23,26-31H,24-25H2,1-7H3. The van der Waals surface area contributed by atoms with Crippen molar-refractivity contribution in [3.8, 4) is 16.8 Å². The Balaban J connectivity index is 1.20. The van der Waals surface area contributed by atoms with Gasteiger partial charge in [0.05, 0.1) is 11.0 Å². The van der Waals surface area contributed by atoms with Crippen LogP contribution in [0.25, 0.3) is 99.1 Å². The molecule has 0 N–H and O–H groups in total. The van der Waals surface area contributed by atoms with Gasteiger partial charge in [-0.2, -0.15) is 0 Å². The highest BCUT2D eigenvalue weighted by atomic mass is 32.1. The van der Waals surface area contributed by atoms with E-state index in [-0.39, 0.29) is 23.1 Å². The zero-order valence-electron chi connectivity index (χ0n) is 38.3. The van der Waals surface area contributed by atoms with Gasteiger partial charge >= 0.3 is 6.85 Å². The van der Waals surface area contributed by atoms with Crippen LogP contribution in [0.5, 0.6) is 0 Å². The molecule has 6 heteroatoms. The summed E-state index contributed by atoms with van der Waals surface area (Å²) in [6.07, 6.45) is 2.36. The predicted octanol–water partition coefficient (Wildman–Crippen LogP) is 16.8. The molecule has 1 aliphatic carbocycles. The molecule has 0 amide bonds. The van der Waals surface area contributed by atoms with E-state index in [0.29, 0.717) is 0 Å². The number of rotatable bonds is 1. The van der Waals surface area contributed by atoms with Gasteiger partial charge in [-0.05, 0) is 117 Å². The molecule has 0 fully saturated rings. The molecule has 0 atom stereocenters. The Kier molecular flexibility index (Phi) is 7.26. The highest BCUT2D eigenvalue weighted by Gasteiger charge is 2.47. The summed E-state index contributed by atoms with van der Waals surface area (Å²) >= 11 is 5.87. The zero-order valence-corrected chi connectivity index (χ0v) is 40.8. The average Bonchev–Trinajstić information content (AvgIpc) is 4.07. The van der Waals surface area contributed by atoms with E-state index in [9.17, 15) is 0 Å². The van der Waals surface area contributed by atoms with Crippen molar-refractivity contribution in [1.29, 1.82) is 0 Å². The lowest BCUT2D eigenvalue weighted by molar-refractivity contribution is 0.332. The van der Waals surface area contributed by atoms with Gasteiger partial charge in [0.2, 0.25) is 0 Å². The smallest absolute Gasteiger partial charge is 0.333 e. The molecule has 2 aliphatic heterocycles. The second kappa shape index (κ2) is 12.5. The molecular formula is C60H47BN2S3. The van der Waals surface area contributed by atoms with Crippen molar-refractivity contribution in [1.82, 2.24) is 4.57 Å². The first-order valence-corrected chi connectivity index (χ1v) is 26.1. The number of nitrogens with zero attached hydrogens (tertiary/aromatic N) is 2. The maximum Gasteiger partial charge on any atom is 0.333 e. The Labute approximate surface area is 396 Å². The summed E-state index contributed by atoms with van der Waals surface area (Å²) in [6, 6.07) is 52.6. The molecule has 0 saturated carbocycles. The van der Waals surface area contributed by atoms with Crippen LogP contribution in [0.1, 0.15) is 78.0 Å². The first-order chi connectivity index (χ1) is 31.8. The van der Waals surface area contributed by atoms with Crippen LogP contribution in [-0.2, 0) is 16.2 Å². The maximum atomic E-state index is 2.76. The maximum absolute atomic E-state index is 2.76. The molecule has 12 aromatic rings. The average molecular weight is 903 g/mol. The first kappa shape index (κ1) is 38.2. The Hall–Kier alpha value is -5.92. The third-order valence-corrected chi connectivity index (χ3v) is 19.6. The fourth-order valence-corrected chi connectivity index (χ4v) is 16.2. The summed E-state index contributed by atoms with van der Waals surface area (Å²) in [4.78, 5) is 2.75. The third-order valence-electron chi connectivity index (χ3n) is 16.2. The van der Waals surface area contributed by atoms with Crippen molar-refractivity contribution in [2.45, 2.75) is 77.6 Å². The van der Waals surface area contributed by atoms with E-state index < -0.39 is 0 Å². The molecule has 15 rings (SSSR count). The van der Waals surface area contributed by atoms with Gasteiger partial charge < -0.3 is 9.38 Å². The van der Waals surface area contributed by atoms with Gasteiger partial charge in [0.1, 0.15) is 0 Å². The molecule has 318 valence electrons. The number of fused-ring (bicyclic) bond motifs is 20. The zero-order chi connectivity index (χ0) is 44.3. The van der Waals surface area contributed by atoms with Gasteiger partial charge in [-0.15, -0.1) is 34.0 Å². The topological polar surface area (TPSA) is 8.17 Å². The van der Waals surface area contributed by atoms with E-state index in [2.05, 4.69) is 191 Å². The second-order valence-corrected chi connectivity index (χ2v) is 25.1. The monoisotopic (exact) mass is 902 g/mol. The molecule has 0 radical (unpaired) electrons. The minimum atomic E-state index is -0.0747. The molecule has 8 aromatic carbocycles. The number of hydrogen-bond donors (Lipinski definition) is 0. The highest BCUT2D eigenvalue weighted by molar-refractivity contribution is 7.27. The number of thiophene rings is 3. The SMILES string of the molecule is CC(C)(C)c1ccc(N2B3c4cc5c(cc4-n4c6cc7c(cc6c6c8c(sc9ccccc98)c(c3c64)-c3cc4c(cc32)sc2ccccc24)C(C)(C)CCC7(C)C)sc2ccccc25)cc1. The molecule has 0 spiro atoms. The largest absolute Gasteiger partial charge is 0.376 e. The van der Waals surface area contributed by atoms with Gasteiger partial charge in [0.25, 0.3) is 0 Å². The van der Waals surface area contributed by atoms with E-state index in [1.165, 1.54) is 151 Å². The minimum Gasteiger partial charge on any atom is -0.376 e. The van der Waals surface area contributed by atoms with Crippen LogP contribution < -0.4 is 15.7 Å². The normalized spacial score (nSPS) is 16.2. The first-order valence-electron chi connectivity index (χ1n) is 23.7. The van der Waals surface area contributed by atoms with E-state index in [0.717, 1.165) is 0 Å². The van der Waals surface area contributed by atoms with Crippen molar-refractivity contribution in [3.05, 3.63) is 150 Å². The summed E-state index contributed by atoms with van der Waals surface area (Å²) in [7, 11) is 0. The lowest BCUT2D eigenvalue weighted by Crippen LogP contribution is -2.60. The second-order valence-electron chi connectivity index (χ2n) is 21.9. The molecule has 0 bridgehead atoms. The van der Waals surface area contributed by atoms with Crippen molar-refractivity contribution in [2.75, 3.05) is 4.81 Å². The molecule has 6 heterocycles. The fourth-order valence-electron chi connectivity index (χ4n) is 12.7. The van der Waals surface area contributed by atoms with E-state index in [1.54, 1.807) is 0 Å². The number of benzene rings is 8. The molecule has 2 nitrogen and oxygen atoms in total. The summed E-state index contributed by atoms with van der Waals surface area (Å²) < 4.78 is 10.9. The number of anilines is 2. The van der Waals surface area contributed by atoms with Crippen molar-refractivity contribution in [2.24, 2.45) is 0 Å². The molecule has 4 aromatic heterocycles. The Morgan fingerprint density at radius 3 is 1.76 bits per heavy atom. The third kappa shape index (κ3) is 4.82. The van der Waals surface area contributed by atoms with E-state index in [4.69, 9.17) is 0 Å². The Bertz CT molecular complexity index is 4170. The number of aromatic nitrogens is 1. The van der Waals surface area contributed by atoms with Crippen molar-refractivity contribution in [3.63, 3.8) is 0 Å². The highest BCUT2D eigenvalue weighted by Crippen LogP contribution is 2.56. The van der Waals surface area contributed by atoms with Crippen LogP contribution in [0, 0.1) is 0 Å². The Morgan fingerprint density at radius 2 is 1.11 bits per heavy atom. The van der Waals surface area contributed by atoms with Crippen molar-refractivity contribution >= 4 is 145 Å². The van der Waals surface area contributed by atoms with Gasteiger partial charge in [-0.3, -0.25) is 0 Å². The van der Waals surface area contributed by atoms with Crippen LogP contribution >= 0.6 is 34.0 Å². The van der Waals surface area contributed by atoms with Gasteiger partial charge in [-0.25, -0.2) is 0 Å². The minimum absolute atomic E-state index is 0.0411. The van der Waals surface area contributed by atoms with Crippen LogP contribution in [0.2, 0.25) is 0 Å². The van der Waals surface area contributed by atoms with Crippen LogP contribution in [-0.4, -0.2) is 11.4 Å². The summed E-state index contributed by atoms with van der Waals surface area (Å²) in [5.74, 6) is 0.